The Morgan fingerprint density at radius 1 is 1.64 bits per heavy atom. The minimum absolute atomic E-state index is 0.0282. The van der Waals surface area contributed by atoms with Crippen molar-refractivity contribution >= 4 is 5.97 Å². The first-order valence-corrected chi connectivity index (χ1v) is 3.94. The monoisotopic (exact) mass is 156 g/mol. The predicted octanol–water partition coefficient (Wildman–Crippen LogP) is 2.15. The molecule has 0 aromatic carbocycles. The molecule has 0 N–H and O–H groups in total. The van der Waals surface area contributed by atoms with Crippen LogP contribution < -0.4 is 0 Å². The van der Waals surface area contributed by atoms with Crippen molar-refractivity contribution in [3.8, 4) is 0 Å². The first kappa shape index (κ1) is 10.2. The SMILES string of the molecule is C=CC(=O)OC(CC)C(C)C. The zero-order valence-electron chi connectivity index (χ0n) is 7.46. The highest BCUT2D eigenvalue weighted by molar-refractivity contribution is 5.81. The van der Waals surface area contributed by atoms with Gasteiger partial charge >= 0.3 is 5.97 Å². The van der Waals surface area contributed by atoms with E-state index in [2.05, 4.69) is 6.58 Å². The summed E-state index contributed by atoms with van der Waals surface area (Å²) >= 11 is 0. The van der Waals surface area contributed by atoms with E-state index in [1.54, 1.807) is 0 Å². The molecule has 2 nitrogen and oxygen atoms in total. The van der Waals surface area contributed by atoms with E-state index in [1.165, 1.54) is 6.08 Å². The maximum Gasteiger partial charge on any atom is 0.330 e. The molecular weight excluding hydrogens is 140 g/mol. The lowest BCUT2D eigenvalue weighted by molar-refractivity contribution is -0.145. The fourth-order valence-electron chi connectivity index (χ4n) is 0.888. The Morgan fingerprint density at radius 2 is 2.18 bits per heavy atom. The van der Waals surface area contributed by atoms with Gasteiger partial charge < -0.3 is 4.74 Å². The van der Waals surface area contributed by atoms with Gasteiger partial charge in [-0.25, -0.2) is 4.79 Å². The number of rotatable bonds is 4. The van der Waals surface area contributed by atoms with Crippen LogP contribution in [0.2, 0.25) is 0 Å². The molecular formula is C9H16O2. The van der Waals surface area contributed by atoms with E-state index < -0.39 is 0 Å². The van der Waals surface area contributed by atoms with Crippen molar-refractivity contribution in [3.05, 3.63) is 12.7 Å². The van der Waals surface area contributed by atoms with Crippen molar-refractivity contribution in [2.75, 3.05) is 0 Å². The molecule has 0 saturated heterocycles. The van der Waals surface area contributed by atoms with Crippen LogP contribution in [0.1, 0.15) is 27.2 Å². The molecule has 0 saturated carbocycles. The predicted molar refractivity (Wildman–Crippen MR) is 45.2 cm³/mol. The molecule has 0 aliphatic rings. The third kappa shape index (κ3) is 3.81. The normalized spacial score (nSPS) is 12.7. The smallest absolute Gasteiger partial charge is 0.330 e. The first-order valence-electron chi connectivity index (χ1n) is 3.94. The molecule has 11 heavy (non-hydrogen) atoms. The van der Waals surface area contributed by atoms with Crippen LogP contribution in [0.5, 0.6) is 0 Å². The Hall–Kier alpha value is -0.790. The topological polar surface area (TPSA) is 26.3 Å². The van der Waals surface area contributed by atoms with Gasteiger partial charge in [-0.2, -0.15) is 0 Å². The Morgan fingerprint density at radius 3 is 2.45 bits per heavy atom. The van der Waals surface area contributed by atoms with Crippen LogP contribution in [0.15, 0.2) is 12.7 Å². The van der Waals surface area contributed by atoms with Crippen LogP contribution in [0, 0.1) is 5.92 Å². The second-order valence-electron chi connectivity index (χ2n) is 2.83. The summed E-state index contributed by atoms with van der Waals surface area (Å²) in [6.07, 6.45) is 2.09. The van der Waals surface area contributed by atoms with Gasteiger partial charge in [-0.05, 0) is 12.3 Å². The fraction of sp³-hybridized carbons (Fsp3) is 0.667. The van der Waals surface area contributed by atoms with Crippen molar-refractivity contribution < 1.29 is 9.53 Å². The van der Waals surface area contributed by atoms with E-state index in [0.29, 0.717) is 5.92 Å². The van der Waals surface area contributed by atoms with Crippen LogP contribution >= 0.6 is 0 Å². The molecule has 0 spiro atoms. The number of hydrogen-bond donors (Lipinski definition) is 0. The zero-order valence-corrected chi connectivity index (χ0v) is 7.46. The van der Waals surface area contributed by atoms with Gasteiger partial charge in [-0.3, -0.25) is 0 Å². The summed E-state index contributed by atoms with van der Waals surface area (Å²) in [5.41, 5.74) is 0. The van der Waals surface area contributed by atoms with Gasteiger partial charge in [0.25, 0.3) is 0 Å². The van der Waals surface area contributed by atoms with Crippen molar-refractivity contribution in [1.29, 1.82) is 0 Å². The molecule has 0 aliphatic carbocycles. The molecule has 0 rings (SSSR count). The quantitative estimate of drug-likeness (QED) is 0.460. The molecule has 0 aromatic rings. The second kappa shape index (κ2) is 4.94. The lowest BCUT2D eigenvalue weighted by Crippen LogP contribution is -2.21. The maximum atomic E-state index is 10.7. The van der Waals surface area contributed by atoms with Crippen molar-refractivity contribution in [2.45, 2.75) is 33.3 Å². The van der Waals surface area contributed by atoms with Gasteiger partial charge in [0.05, 0.1) is 0 Å². The Balaban J connectivity index is 3.87. The molecule has 2 heteroatoms. The Labute approximate surface area is 68.2 Å². The lowest BCUT2D eigenvalue weighted by Gasteiger charge is -2.18. The summed E-state index contributed by atoms with van der Waals surface area (Å²) in [7, 11) is 0. The minimum Gasteiger partial charge on any atom is -0.459 e. The van der Waals surface area contributed by atoms with Crippen LogP contribution in [0.3, 0.4) is 0 Å². The lowest BCUT2D eigenvalue weighted by atomic mass is 10.1. The maximum absolute atomic E-state index is 10.7. The molecule has 64 valence electrons. The van der Waals surface area contributed by atoms with E-state index >= 15 is 0 Å². The van der Waals surface area contributed by atoms with Crippen molar-refractivity contribution in [2.24, 2.45) is 5.92 Å². The second-order valence-corrected chi connectivity index (χ2v) is 2.83. The standard InChI is InChI=1S/C9H16O2/c1-5-8(7(3)4)11-9(10)6-2/h6-8H,2,5H2,1,3-4H3. The van der Waals surface area contributed by atoms with E-state index in [1.807, 2.05) is 20.8 Å². The van der Waals surface area contributed by atoms with E-state index in [0.717, 1.165) is 6.42 Å². The number of esters is 1. The number of ether oxygens (including phenoxy) is 1. The molecule has 1 unspecified atom stereocenters. The Bertz CT molecular complexity index is 138. The van der Waals surface area contributed by atoms with Crippen LogP contribution in [-0.4, -0.2) is 12.1 Å². The summed E-state index contributed by atoms with van der Waals surface area (Å²) in [5, 5.41) is 0. The van der Waals surface area contributed by atoms with E-state index in [4.69, 9.17) is 4.74 Å². The molecule has 0 aliphatic heterocycles. The minimum atomic E-state index is -0.328. The molecule has 0 aromatic heterocycles. The van der Waals surface area contributed by atoms with Gasteiger partial charge in [0, 0.05) is 6.08 Å². The van der Waals surface area contributed by atoms with E-state index in [-0.39, 0.29) is 12.1 Å². The highest BCUT2D eigenvalue weighted by Gasteiger charge is 2.13. The van der Waals surface area contributed by atoms with Gasteiger partial charge in [-0.15, -0.1) is 0 Å². The highest BCUT2D eigenvalue weighted by atomic mass is 16.5. The average Bonchev–Trinajstić information content (AvgIpc) is 1.99. The summed E-state index contributed by atoms with van der Waals surface area (Å²) in [6.45, 7) is 9.40. The first-order chi connectivity index (χ1) is 5.11. The molecule has 0 heterocycles. The highest BCUT2D eigenvalue weighted by Crippen LogP contribution is 2.10. The number of carbonyl (C=O) groups is 1. The summed E-state index contributed by atoms with van der Waals surface area (Å²) in [5.74, 6) is 0.0504. The van der Waals surface area contributed by atoms with Gasteiger partial charge in [0.2, 0.25) is 0 Å². The summed E-state index contributed by atoms with van der Waals surface area (Å²) < 4.78 is 5.05. The zero-order chi connectivity index (χ0) is 8.85. The van der Waals surface area contributed by atoms with Gasteiger partial charge in [0.15, 0.2) is 0 Å². The van der Waals surface area contributed by atoms with Crippen LogP contribution in [0.4, 0.5) is 0 Å². The fourth-order valence-corrected chi connectivity index (χ4v) is 0.888. The summed E-state index contributed by atoms with van der Waals surface area (Å²) in [6, 6.07) is 0. The van der Waals surface area contributed by atoms with Crippen LogP contribution in [0.25, 0.3) is 0 Å². The number of carbonyl (C=O) groups excluding carboxylic acids is 1. The Kier molecular flexibility index (Phi) is 4.59. The summed E-state index contributed by atoms with van der Waals surface area (Å²) in [4.78, 5) is 10.7. The van der Waals surface area contributed by atoms with Crippen molar-refractivity contribution in [1.82, 2.24) is 0 Å². The van der Waals surface area contributed by atoms with Gasteiger partial charge in [0.1, 0.15) is 6.10 Å². The molecule has 0 fully saturated rings. The van der Waals surface area contributed by atoms with Crippen molar-refractivity contribution in [3.63, 3.8) is 0 Å². The van der Waals surface area contributed by atoms with Gasteiger partial charge in [-0.1, -0.05) is 27.4 Å². The third-order valence-electron chi connectivity index (χ3n) is 1.58. The molecule has 0 amide bonds. The van der Waals surface area contributed by atoms with E-state index in [9.17, 15) is 4.79 Å². The largest absolute Gasteiger partial charge is 0.459 e. The molecule has 0 bridgehead atoms. The molecule has 1 atom stereocenters. The molecule has 0 radical (unpaired) electrons. The van der Waals surface area contributed by atoms with Crippen LogP contribution in [-0.2, 0) is 9.53 Å². The number of hydrogen-bond acceptors (Lipinski definition) is 2. The average molecular weight is 156 g/mol. The third-order valence-corrected chi connectivity index (χ3v) is 1.58.